The second-order valence-corrected chi connectivity index (χ2v) is 5.71. The van der Waals surface area contributed by atoms with E-state index in [0.29, 0.717) is 16.9 Å². The summed E-state index contributed by atoms with van der Waals surface area (Å²) < 4.78 is 5.23. The lowest BCUT2D eigenvalue weighted by Gasteiger charge is -2.05. The molecule has 0 aliphatic heterocycles. The van der Waals surface area contributed by atoms with Crippen molar-refractivity contribution in [1.82, 2.24) is 4.98 Å². The van der Waals surface area contributed by atoms with Crippen LogP contribution in [-0.2, 0) is 6.42 Å². The molecule has 1 aromatic heterocycles. The zero-order valence-corrected chi connectivity index (χ0v) is 13.7. The first-order valence-electron chi connectivity index (χ1n) is 8.42. The number of anilines is 1. The van der Waals surface area contributed by atoms with Crippen LogP contribution >= 0.6 is 0 Å². The molecule has 0 bridgehead atoms. The van der Waals surface area contributed by atoms with Gasteiger partial charge >= 0.3 is 5.63 Å². The van der Waals surface area contributed by atoms with Crippen molar-refractivity contribution in [3.63, 3.8) is 0 Å². The SMILES string of the molecule is CCCCCCCCNc1nc2cc(CC)ccc2c(=O)o1. The number of hydrogen-bond donors (Lipinski definition) is 1. The quantitative estimate of drug-likeness (QED) is 0.692. The number of nitrogens with one attached hydrogen (secondary N) is 1. The van der Waals surface area contributed by atoms with Gasteiger partial charge < -0.3 is 9.73 Å². The molecular weight excluding hydrogens is 276 g/mol. The molecule has 0 saturated carbocycles. The van der Waals surface area contributed by atoms with Gasteiger partial charge in [-0.15, -0.1) is 0 Å². The van der Waals surface area contributed by atoms with E-state index >= 15 is 0 Å². The summed E-state index contributed by atoms with van der Waals surface area (Å²) in [4.78, 5) is 16.4. The maximum absolute atomic E-state index is 12.0. The second-order valence-electron chi connectivity index (χ2n) is 5.71. The molecule has 0 saturated heterocycles. The standard InChI is InChI=1S/C18H26N2O2/c1-3-5-6-7-8-9-12-19-18-20-16-13-14(4-2)10-11-15(16)17(21)22-18/h10-11,13H,3-9,12H2,1-2H3,(H,19,20). The molecule has 0 amide bonds. The summed E-state index contributed by atoms with van der Waals surface area (Å²) in [6.07, 6.45) is 8.36. The maximum atomic E-state index is 12.0. The first-order valence-corrected chi connectivity index (χ1v) is 8.42. The summed E-state index contributed by atoms with van der Waals surface area (Å²) in [5, 5.41) is 3.67. The third-order valence-electron chi connectivity index (χ3n) is 3.91. The van der Waals surface area contributed by atoms with Crippen molar-refractivity contribution in [3.8, 4) is 0 Å². The number of unbranched alkanes of at least 4 members (excludes halogenated alkanes) is 5. The van der Waals surface area contributed by atoms with Crippen LogP contribution in [0.2, 0.25) is 0 Å². The first-order chi connectivity index (χ1) is 10.7. The highest BCUT2D eigenvalue weighted by Crippen LogP contribution is 2.14. The van der Waals surface area contributed by atoms with E-state index < -0.39 is 0 Å². The van der Waals surface area contributed by atoms with E-state index in [4.69, 9.17) is 4.42 Å². The average molecular weight is 302 g/mol. The topological polar surface area (TPSA) is 55.1 Å². The fourth-order valence-corrected chi connectivity index (χ4v) is 2.51. The molecule has 4 heteroatoms. The second kappa shape index (κ2) is 8.57. The minimum Gasteiger partial charge on any atom is -0.389 e. The van der Waals surface area contributed by atoms with Crippen molar-refractivity contribution >= 4 is 16.9 Å². The van der Waals surface area contributed by atoms with Gasteiger partial charge in [0.15, 0.2) is 0 Å². The number of benzene rings is 1. The molecule has 2 rings (SSSR count). The third-order valence-corrected chi connectivity index (χ3v) is 3.91. The van der Waals surface area contributed by atoms with E-state index in [2.05, 4.69) is 24.1 Å². The fraction of sp³-hybridized carbons (Fsp3) is 0.556. The number of nitrogens with zero attached hydrogens (tertiary/aromatic N) is 1. The van der Waals surface area contributed by atoms with Crippen molar-refractivity contribution in [2.24, 2.45) is 0 Å². The lowest BCUT2D eigenvalue weighted by Crippen LogP contribution is -2.09. The molecule has 120 valence electrons. The third kappa shape index (κ3) is 4.58. The Hall–Kier alpha value is -1.84. The first kappa shape index (κ1) is 16.5. The van der Waals surface area contributed by atoms with Crippen molar-refractivity contribution in [2.45, 2.75) is 58.8 Å². The number of hydrogen-bond acceptors (Lipinski definition) is 4. The van der Waals surface area contributed by atoms with E-state index in [1.54, 1.807) is 6.07 Å². The Labute approximate surface area is 131 Å². The lowest BCUT2D eigenvalue weighted by atomic mass is 10.1. The number of aromatic nitrogens is 1. The van der Waals surface area contributed by atoms with Crippen LogP contribution in [0.3, 0.4) is 0 Å². The van der Waals surface area contributed by atoms with Gasteiger partial charge in [0.25, 0.3) is 6.01 Å². The van der Waals surface area contributed by atoms with E-state index in [9.17, 15) is 4.79 Å². The smallest absolute Gasteiger partial charge is 0.348 e. The molecule has 0 fully saturated rings. The molecule has 0 radical (unpaired) electrons. The highest BCUT2D eigenvalue weighted by Gasteiger charge is 2.06. The summed E-state index contributed by atoms with van der Waals surface area (Å²) in [6, 6.07) is 6.04. The van der Waals surface area contributed by atoms with Crippen LogP contribution in [0.15, 0.2) is 27.4 Å². The Morgan fingerprint density at radius 3 is 2.64 bits per heavy atom. The minimum atomic E-state index is -0.321. The van der Waals surface area contributed by atoms with Gasteiger partial charge in [-0.05, 0) is 30.5 Å². The van der Waals surface area contributed by atoms with Gasteiger partial charge in [0.05, 0.1) is 10.9 Å². The van der Waals surface area contributed by atoms with Gasteiger partial charge in [-0.25, -0.2) is 4.79 Å². The molecular formula is C18H26N2O2. The zero-order chi connectivity index (χ0) is 15.8. The minimum absolute atomic E-state index is 0.321. The number of rotatable bonds is 9. The van der Waals surface area contributed by atoms with Gasteiger partial charge in [-0.1, -0.05) is 52.0 Å². The highest BCUT2D eigenvalue weighted by atomic mass is 16.4. The van der Waals surface area contributed by atoms with Crippen LogP contribution in [0.4, 0.5) is 6.01 Å². The molecule has 22 heavy (non-hydrogen) atoms. The zero-order valence-electron chi connectivity index (χ0n) is 13.7. The number of aryl methyl sites for hydroxylation is 1. The molecule has 0 spiro atoms. The van der Waals surface area contributed by atoms with Crippen LogP contribution in [0.1, 0.15) is 57.9 Å². The Bertz CT molecular complexity index is 649. The molecule has 1 aromatic carbocycles. The number of fused-ring (bicyclic) bond motifs is 1. The summed E-state index contributed by atoms with van der Waals surface area (Å²) in [5.41, 5.74) is 1.56. The average Bonchev–Trinajstić information content (AvgIpc) is 2.53. The monoisotopic (exact) mass is 302 g/mol. The normalized spacial score (nSPS) is 11.0. The molecule has 2 aromatic rings. The van der Waals surface area contributed by atoms with Crippen LogP contribution in [0.5, 0.6) is 0 Å². The van der Waals surface area contributed by atoms with E-state index in [1.807, 2.05) is 12.1 Å². The van der Waals surface area contributed by atoms with Crippen molar-refractivity contribution < 1.29 is 4.42 Å². The summed E-state index contributed by atoms with van der Waals surface area (Å²) in [6.45, 7) is 5.10. The Kier molecular flexibility index (Phi) is 6.44. The lowest BCUT2D eigenvalue weighted by molar-refractivity contribution is 0.513. The summed E-state index contributed by atoms with van der Waals surface area (Å²) >= 11 is 0. The van der Waals surface area contributed by atoms with Crippen LogP contribution in [0, 0.1) is 0 Å². The van der Waals surface area contributed by atoms with Gasteiger partial charge in [-0.3, -0.25) is 0 Å². The van der Waals surface area contributed by atoms with Gasteiger partial charge in [0, 0.05) is 6.54 Å². The van der Waals surface area contributed by atoms with E-state index in [-0.39, 0.29) is 5.63 Å². The van der Waals surface area contributed by atoms with Gasteiger partial charge in [0.2, 0.25) is 0 Å². The molecule has 0 atom stereocenters. The Balaban J connectivity index is 1.92. The van der Waals surface area contributed by atoms with Crippen molar-refractivity contribution in [1.29, 1.82) is 0 Å². The Morgan fingerprint density at radius 1 is 1.09 bits per heavy atom. The van der Waals surface area contributed by atoms with Crippen molar-refractivity contribution in [3.05, 3.63) is 34.2 Å². The molecule has 0 aliphatic rings. The summed E-state index contributed by atoms with van der Waals surface area (Å²) in [7, 11) is 0. The molecule has 4 nitrogen and oxygen atoms in total. The van der Waals surface area contributed by atoms with E-state index in [0.717, 1.165) is 19.4 Å². The Morgan fingerprint density at radius 2 is 1.86 bits per heavy atom. The molecule has 1 heterocycles. The predicted molar refractivity (Wildman–Crippen MR) is 91.5 cm³/mol. The maximum Gasteiger partial charge on any atom is 0.348 e. The fourth-order valence-electron chi connectivity index (χ4n) is 2.51. The summed E-state index contributed by atoms with van der Waals surface area (Å²) in [5.74, 6) is 0. The molecule has 0 unspecified atom stereocenters. The van der Waals surface area contributed by atoms with Gasteiger partial charge in [-0.2, -0.15) is 4.98 Å². The van der Waals surface area contributed by atoms with Crippen molar-refractivity contribution in [2.75, 3.05) is 11.9 Å². The largest absolute Gasteiger partial charge is 0.389 e. The molecule has 0 aliphatic carbocycles. The predicted octanol–water partition coefficient (Wildman–Crippen LogP) is 4.52. The molecule has 1 N–H and O–H groups in total. The van der Waals surface area contributed by atoms with Crippen LogP contribution in [-0.4, -0.2) is 11.5 Å². The van der Waals surface area contributed by atoms with Gasteiger partial charge in [0.1, 0.15) is 0 Å². The highest BCUT2D eigenvalue weighted by molar-refractivity contribution is 5.78. The van der Waals surface area contributed by atoms with Crippen LogP contribution in [0.25, 0.3) is 10.9 Å². The van der Waals surface area contributed by atoms with Crippen LogP contribution < -0.4 is 10.9 Å². The van der Waals surface area contributed by atoms with E-state index in [1.165, 1.54) is 37.7 Å².